The van der Waals surface area contributed by atoms with Gasteiger partial charge in [-0.15, -0.1) is 0 Å². The van der Waals surface area contributed by atoms with Crippen LogP contribution in [0.25, 0.3) is 0 Å². The Morgan fingerprint density at radius 2 is 2.05 bits per heavy atom. The van der Waals surface area contributed by atoms with E-state index in [0.717, 1.165) is 6.54 Å². The fourth-order valence-electron chi connectivity index (χ4n) is 2.58. The predicted octanol–water partition coefficient (Wildman–Crippen LogP) is 2.36. The van der Waals surface area contributed by atoms with Crippen LogP contribution in [0, 0.1) is 0 Å². The minimum absolute atomic E-state index is 0.163. The summed E-state index contributed by atoms with van der Waals surface area (Å²) < 4.78 is 5.29. The maximum Gasteiger partial charge on any atom is 0.0716 e. The van der Waals surface area contributed by atoms with Gasteiger partial charge in [0.2, 0.25) is 0 Å². The molecule has 1 unspecified atom stereocenters. The van der Waals surface area contributed by atoms with Gasteiger partial charge in [0, 0.05) is 38.6 Å². The maximum atomic E-state index is 6.03. The number of pyridine rings is 1. The van der Waals surface area contributed by atoms with Crippen LogP contribution in [0.1, 0.15) is 22.7 Å². The third-order valence-electron chi connectivity index (χ3n) is 3.62. The van der Waals surface area contributed by atoms with Crippen LogP contribution in [-0.2, 0) is 17.9 Å². The largest absolute Gasteiger partial charge is 0.380 e. The summed E-state index contributed by atoms with van der Waals surface area (Å²) in [6, 6.07) is 12.5. The van der Waals surface area contributed by atoms with E-state index in [4.69, 9.17) is 10.5 Å². The zero-order valence-corrected chi connectivity index (χ0v) is 12.7. The second-order valence-corrected chi connectivity index (χ2v) is 5.16. The molecule has 1 aromatic carbocycles. The van der Waals surface area contributed by atoms with Gasteiger partial charge in [0.05, 0.1) is 6.61 Å². The van der Waals surface area contributed by atoms with Crippen LogP contribution >= 0.6 is 0 Å². The van der Waals surface area contributed by atoms with Crippen LogP contribution in [0.2, 0.25) is 0 Å². The van der Waals surface area contributed by atoms with E-state index in [1.807, 2.05) is 18.3 Å². The minimum Gasteiger partial charge on any atom is -0.380 e. The monoisotopic (exact) mass is 285 g/mol. The molecule has 0 aliphatic rings. The lowest BCUT2D eigenvalue weighted by molar-refractivity contribution is 0.179. The number of methoxy groups -OCH3 is 1. The van der Waals surface area contributed by atoms with E-state index in [9.17, 15) is 0 Å². The summed E-state index contributed by atoms with van der Waals surface area (Å²) in [7, 11) is 3.81. The predicted molar refractivity (Wildman–Crippen MR) is 84.7 cm³/mol. The quantitative estimate of drug-likeness (QED) is 0.848. The van der Waals surface area contributed by atoms with Crippen LogP contribution in [-0.4, -0.2) is 30.6 Å². The Balaban J connectivity index is 2.19. The average Bonchev–Trinajstić information content (AvgIpc) is 2.51. The fourth-order valence-corrected chi connectivity index (χ4v) is 2.58. The van der Waals surface area contributed by atoms with E-state index in [2.05, 4.69) is 41.2 Å². The number of nitrogens with two attached hydrogens (primary N) is 1. The Morgan fingerprint density at radius 3 is 2.71 bits per heavy atom. The van der Waals surface area contributed by atoms with Crippen molar-refractivity contribution in [2.45, 2.75) is 19.2 Å². The first-order chi connectivity index (χ1) is 10.3. The summed E-state index contributed by atoms with van der Waals surface area (Å²) >= 11 is 0. The first-order valence-corrected chi connectivity index (χ1v) is 7.12. The molecule has 0 bridgehead atoms. The summed E-state index contributed by atoms with van der Waals surface area (Å²) in [4.78, 5) is 6.42. The van der Waals surface area contributed by atoms with Gasteiger partial charge in [-0.05, 0) is 29.8 Å². The Morgan fingerprint density at radius 1 is 1.24 bits per heavy atom. The standard InChI is InChI=1S/C17H23N3O/c1-20(12-14-6-5-9-19-11-14)17(10-18)16-8-4-3-7-15(16)13-21-2/h3-9,11,17H,10,12-13,18H2,1-2H3. The molecule has 1 aromatic heterocycles. The summed E-state index contributed by atoms with van der Waals surface area (Å²) in [6.45, 7) is 1.99. The van der Waals surface area contributed by atoms with E-state index in [1.165, 1.54) is 16.7 Å². The zero-order chi connectivity index (χ0) is 15.1. The van der Waals surface area contributed by atoms with Gasteiger partial charge in [0.1, 0.15) is 0 Å². The Bertz CT molecular complexity index is 545. The van der Waals surface area contributed by atoms with Crippen molar-refractivity contribution in [1.29, 1.82) is 0 Å². The smallest absolute Gasteiger partial charge is 0.0716 e. The molecule has 0 aliphatic heterocycles. The second kappa shape index (κ2) is 7.88. The van der Waals surface area contributed by atoms with Gasteiger partial charge in [-0.2, -0.15) is 0 Å². The highest BCUT2D eigenvalue weighted by molar-refractivity contribution is 5.30. The number of nitrogens with zero attached hydrogens (tertiary/aromatic N) is 2. The molecule has 21 heavy (non-hydrogen) atoms. The Labute approximate surface area is 126 Å². The van der Waals surface area contributed by atoms with Crippen molar-refractivity contribution >= 4 is 0 Å². The first kappa shape index (κ1) is 15.6. The lowest BCUT2D eigenvalue weighted by Gasteiger charge is -2.29. The number of likely N-dealkylation sites (N-methyl/N-ethyl adjacent to an activating group) is 1. The average molecular weight is 285 g/mol. The van der Waals surface area contributed by atoms with Crippen molar-refractivity contribution in [2.75, 3.05) is 20.7 Å². The SMILES string of the molecule is COCc1ccccc1C(CN)N(C)Cc1cccnc1. The van der Waals surface area contributed by atoms with Gasteiger partial charge in [-0.3, -0.25) is 9.88 Å². The number of hydrogen-bond donors (Lipinski definition) is 1. The van der Waals surface area contributed by atoms with Gasteiger partial charge < -0.3 is 10.5 Å². The molecule has 0 saturated carbocycles. The molecule has 0 amide bonds. The molecule has 0 aliphatic carbocycles. The molecule has 2 aromatic rings. The lowest BCUT2D eigenvalue weighted by atomic mass is 9.99. The minimum atomic E-state index is 0.163. The van der Waals surface area contributed by atoms with Crippen LogP contribution in [0.4, 0.5) is 0 Å². The highest BCUT2D eigenvalue weighted by Gasteiger charge is 2.18. The molecule has 2 rings (SSSR count). The summed E-state index contributed by atoms with van der Waals surface area (Å²) in [5.41, 5.74) is 9.63. The number of ether oxygens (including phenoxy) is 1. The summed E-state index contributed by atoms with van der Waals surface area (Å²) in [5.74, 6) is 0. The molecule has 0 fully saturated rings. The third kappa shape index (κ3) is 4.11. The molecule has 0 saturated heterocycles. The lowest BCUT2D eigenvalue weighted by Crippen LogP contribution is -2.31. The molecule has 2 N–H and O–H groups in total. The Hall–Kier alpha value is -1.75. The zero-order valence-electron chi connectivity index (χ0n) is 12.7. The summed E-state index contributed by atoms with van der Waals surface area (Å²) in [5, 5.41) is 0. The molecule has 1 atom stereocenters. The van der Waals surface area contributed by atoms with Crippen LogP contribution in [0.3, 0.4) is 0 Å². The number of aromatic nitrogens is 1. The van der Waals surface area contributed by atoms with E-state index in [-0.39, 0.29) is 6.04 Å². The van der Waals surface area contributed by atoms with E-state index in [0.29, 0.717) is 13.2 Å². The van der Waals surface area contributed by atoms with Crippen molar-refractivity contribution in [3.05, 3.63) is 65.5 Å². The second-order valence-electron chi connectivity index (χ2n) is 5.16. The van der Waals surface area contributed by atoms with Gasteiger partial charge in [-0.1, -0.05) is 30.3 Å². The molecule has 0 spiro atoms. The Kier molecular flexibility index (Phi) is 5.87. The van der Waals surface area contributed by atoms with Crippen molar-refractivity contribution in [3.63, 3.8) is 0 Å². The molecule has 112 valence electrons. The molecule has 0 radical (unpaired) electrons. The third-order valence-corrected chi connectivity index (χ3v) is 3.62. The van der Waals surface area contributed by atoms with Gasteiger partial charge in [-0.25, -0.2) is 0 Å². The maximum absolute atomic E-state index is 6.03. The van der Waals surface area contributed by atoms with Crippen LogP contribution in [0.5, 0.6) is 0 Å². The van der Waals surface area contributed by atoms with Crippen LogP contribution in [0.15, 0.2) is 48.8 Å². The number of benzene rings is 1. The van der Waals surface area contributed by atoms with Crippen molar-refractivity contribution in [3.8, 4) is 0 Å². The summed E-state index contributed by atoms with van der Waals surface area (Å²) in [6.07, 6.45) is 3.68. The number of rotatable bonds is 7. The van der Waals surface area contributed by atoms with E-state index < -0.39 is 0 Å². The van der Waals surface area contributed by atoms with Crippen molar-refractivity contribution in [1.82, 2.24) is 9.88 Å². The highest BCUT2D eigenvalue weighted by Crippen LogP contribution is 2.24. The van der Waals surface area contributed by atoms with Crippen molar-refractivity contribution in [2.24, 2.45) is 5.73 Å². The molecular formula is C17H23N3O. The molecule has 4 nitrogen and oxygen atoms in total. The molecular weight excluding hydrogens is 262 g/mol. The van der Waals surface area contributed by atoms with Crippen LogP contribution < -0.4 is 5.73 Å². The van der Waals surface area contributed by atoms with Gasteiger partial charge >= 0.3 is 0 Å². The van der Waals surface area contributed by atoms with Gasteiger partial charge in [0.15, 0.2) is 0 Å². The normalized spacial score (nSPS) is 12.6. The fraction of sp³-hybridized carbons (Fsp3) is 0.353. The first-order valence-electron chi connectivity index (χ1n) is 7.12. The van der Waals surface area contributed by atoms with Gasteiger partial charge in [0.25, 0.3) is 0 Å². The number of hydrogen-bond acceptors (Lipinski definition) is 4. The highest BCUT2D eigenvalue weighted by atomic mass is 16.5. The topological polar surface area (TPSA) is 51.4 Å². The van der Waals surface area contributed by atoms with E-state index in [1.54, 1.807) is 13.3 Å². The van der Waals surface area contributed by atoms with E-state index >= 15 is 0 Å². The molecule has 1 heterocycles. The van der Waals surface area contributed by atoms with Crippen molar-refractivity contribution < 1.29 is 4.74 Å². The molecule has 4 heteroatoms.